The third-order valence-corrected chi connectivity index (χ3v) is 3.20. The molecule has 1 aromatic rings. The van der Waals surface area contributed by atoms with Gasteiger partial charge in [0.05, 0.1) is 0 Å². The first-order valence-corrected chi connectivity index (χ1v) is 6.70. The van der Waals surface area contributed by atoms with Gasteiger partial charge in [-0.25, -0.2) is 4.79 Å². The van der Waals surface area contributed by atoms with E-state index in [9.17, 15) is 4.79 Å². The molecular weight excluding hydrogens is 234 g/mol. The van der Waals surface area contributed by atoms with E-state index in [0.29, 0.717) is 18.5 Å². The molecule has 0 aliphatic rings. The Kier molecular flexibility index (Phi) is 5.63. The Balaban J connectivity index is 2.64. The summed E-state index contributed by atoms with van der Waals surface area (Å²) < 4.78 is 0. The number of rotatable bonds is 6. The van der Waals surface area contributed by atoms with Gasteiger partial charge in [-0.3, -0.25) is 0 Å². The summed E-state index contributed by atoms with van der Waals surface area (Å²) in [6, 6.07) is 7.98. The zero-order valence-electron chi connectivity index (χ0n) is 10.1. The van der Waals surface area contributed by atoms with Crippen LogP contribution in [0, 0.1) is 0 Å². The summed E-state index contributed by atoms with van der Waals surface area (Å²) >= 11 is 1.67. The first-order valence-electron chi connectivity index (χ1n) is 5.48. The molecule has 0 radical (unpaired) electrons. The van der Waals surface area contributed by atoms with Crippen molar-refractivity contribution < 1.29 is 9.90 Å². The highest BCUT2D eigenvalue weighted by atomic mass is 32.2. The van der Waals surface area contributed by atoms with Crippen LogP contribution in [-0.2, 0) is 4.79 Å². The van der Waals surface area contributed by atoms with Gasteiger partial charge in [0, 0.05) is 22.7 Å². The standard InChI is InChI=1S/C13H17NO2S/c1-3-10(13(15)16)8-9-14-11-6-4-5-7-12(11)17-2/h4-8,14H,3,9H2,1-2H3,(H,15,16)/b10-8-. The van der Waals surface area contributed by atoms with Crippen LogP contribution in [0.2, 0.25) is 0 Å². The van der Waals surface area contributed by atoms with Crippen molar-refractivity contribution in [3.8, 4) is 0 Å². The van der Waals surface area contributed by atoms with Crippen molar-refractivity contribution in [2.75, 3.05) is 18.1 Å². The molecule has 0 aromatic heterocycles. The zero-order valence-corrected chi connectivity index (χ0v) is 10.9. The van der Waals surface area contributed by atoms with E-state index >= 15 is 0 Å². The summed E-state index contributed by atoms with van der Waals surface area (Å²) in [6.07, 6.45) is 4.28. The van der Waals surface area contributed by atoms with Crippen molar-refractivity contribution in [1.29, 1.82) is 0 Å². The number of carboxylic acid groups (broad SMARTS) is 1. The van der Waals surface area contributed by atoms with Crippen LogP contribution in [0.1, 0.15) is 13.3 Å². The van der Waals surface area contributed by atoms with Crippen LogP contribution in [0.25, 0.3) is 0 Å². The molecule has 0 saturated carbocycles. The number of carbonyl (C=O) groups is 1. The average Bonchev–Trinajstić information content (AvgIpc) is 2.34. The van der Waals surface area contributed by atoms with Crippen LogP contribution in [0.4, 0.5) is 5.69 Å². The summed E-state index contributed by atoms with van der Waals surface area (Å²) in [6.45, 7) is 2.38. The topological polar surface area (TPSA) is 49.3 Å². The monoisotopic (exact) mass is 251 g/mol. The minimum absolute atomic E-state index is 0.444. The molecule has 4 heteroatoms. The summed E-state index contributed by atoms with van der Waals surface area (Å²) in [5, 5.41) is 12.1. The Hall–Kier alpha value is -1.42. The fourth-order valence-corrected chi connectivity index (χ4v) is 2.03. The number of anilines is 1. The second kappa shape index (κ2) is 7.01. The molecule has 3 nitrogen and oxygen atoms in total. The van der Waals surface area contributed by atoms with Crippen LogP contribution in [-0.4, -0.2) is 23.9 Å². The van der Waals surface area contributed by atoms with Crippen molar-refractivity contribution in [3.05, 3.63) is 35.9 Å². The van der Waals surface area contributed by atoms with Crippen molar-refractivity contribution in [1.82, 2.24) is 0 Å². The highest BCUT2D eigenvalue weighted by Gasteiger charge is 2.03. The molecule has 2 N–H and O–H groups in total. The molecule has 0 amide bonds. The first kappa shape index (κ1) is 13.6. The Labute approximate surface area is 106 Å². The van der Waals surface area contributed by atoms with E-state index in [1.807, 2.05) is 37.4 Å². The van der Waals surface area contributed by atoms with Gasteiger partial charge in [0.15, 0.2) is 0 Å². The summed E-state index contributed by atoms with van der Waals surface area (Å²) in [5.41, 5.74) is 1.48. The molecule has 1 rings (SSSR count). The SMILES string of the molecule is CC/C(=C/CNc1ccccc1SC)C(=O)O. The van der Waals surface area contributed by atoms with Gasteiger partial charge in [-0.1, -0.05) is 25.1 Å². The summed E-state index contributed by atoms with van der Waals surface area (Å²) in [4.78, 5) is 12.0. The lowest BCUT2D eigenvalue weighted by Gasteiger charge is -2.08. The van der Waals surface area contributed by atoms with Crippen LogP contribution < -0.4 is 5.32 Å². The van der Waals surface area contributed by atoms with Crippen LogP contribution >= 0.6 is 11.8 Å². The van der Waals surface area contributed by atoms with Crippen molar-refractivity contribution in [2.24, 2.45) is 0 Å². The van der Waals surface area contributed by atoms with Crippen LogP contribution in [0.3, 0.4) is 0 Å². The number of aliphatic carboxylic acids is 1. The van der Waals surface area contributed by atoms with E-state index in [1.165, 1.54) is 0 Å². The number of nitrogens with one attached hydrogen (secondary N) is 1. The summed E-state index contributed by atoms with van der Waals surface area (Å²) in [7, 11) is 0. The lowest BCUT2D eigenvalue weighted by molar-refractivity contribution is -0.132. The van der Waals surface area contributed by atoms with E-state index in [4.69, 9.17) is 5.11 Å². The molecule has 0 bridgehead atoms. The number of thioether (sulfide) groups is 1. The van der Waals surface area contributed by atoms with Crippen molar-refractivity contribution in [3.63, 3.8) is 0 Å². The Morgan fingerprint density at radius 1 is 1.47 bits per heavy atom. The largest absolute Gasteiger partial charge is 0.478 e. The maximum absolute atomic E-state index is 10.8. The van der Waals surface area contributed by atoms with Gasteiger partial charge in [-0.05, 0) is 24.8 Å². The Morgan fingerprint density at radius 3 is 2.76 bits per heavy atom. The number of benzene rings is 1. The highest BCUT2D eigenvalue weighted by molar-refractivity contribution is 7.98. The van der Waals surface area contributed by atoms with E-state index in [2.05, 4.69) is 5.32 Å². The third-order valence-electron chi connectivity index (χ3n) is 2.40. The van der Waals surface area contributed by atoms with Crippen molar-refractivity contribution >= 4 is 23.4 Å². The lowest BCUT2D eigenvalue weighted by Crippen LogP contribution is -2.05. The molecule has 0 unspecified atom stereocenters. The first-order chi connectivity index (χ1) is 8.19. The van der Waals surface area contributed by atoms with Gasteiger partial charge < -0.3 is 10.4 Å². The fourth-order valence-electron chi connectivity index (χ4n) is 1.46. The van der Waals surface area contributed by atoms with Gasteiger partial charge in [-0.15, -0.1) is 11.8 Å². The number of hydrogen-bond acceptors (Lipinski definition) is 3. The zero-order chi connectivity index (χ0) is 12.7. The quantitative estimate of drug-likeness (QED) is 0.602. The second-order valence-corrected chi connectivity index (χ2v) is 4.32. The van der Waals surface area contributed by atoms with E-state index in [0.717, 1.165) is 10.6 Å². The Morgan fingerprint density at radius 2 is 2.18 bits per heavy atom. The molecule has 0 aliphatic heterocycles. The molecule has 0 fully saturated rings. The minimum Gasteiger partial charge on any atom is -0.478 e. The highest BCUT2D eigenvalue weighted by Crippen LogP contribution is 2.24. The van der Waals surface area contributed by atoms with Gasteiger partial charge >= 0.3 is 5.97 Å². The maximum atomic E-state index is 10.8. The lowest BCUT2D eigenvalue weighted by atomic mass is 10.2. The molecule has 0 atom stereocenters. The van der Waals surface area contributed by atoms with Crippen molar-refractivity contribution in [2.45, 2.75) is 18.2 Å². The number of carboxylic acids is 1. The van der Waals surface area contributed by atoms with Gasteiger partial charge in [0.1, 0.15) is 0 Å². The molecule has 92 valence electrons. The molecule has 0 saturated heterocycles. The molecular formula is C13H17NO2S. The van der Waals surface area contributed by atoms with Gasteiger partial charge in [0.25, 0.3) is 0 Å². The third kappa shape index (κ3) is 4.15. The minimum atomic E-state index is -0.840. The predicted molar refractivity (Wildman–Crippen MR) is 72.7 cm³/mol. The van der Waals surface area contributed by atoms with E-state index in [-0.39, 0.29) is 0 Å². The van der Waals surface area contributed by atoms with E-state index in [1.54, 1.807) is 17.8 Å². The second-order valence-electron chi connectivity index (χ2n) is 3.47. The smallest absolute Gasteiger partial charge is 0.331 e. The molecule has 0 heterocycles. The number of hydrogen-bond donors (Lipinski definition) is 2. The van der Waals surface area contributed by atoms with E-state index < -0.39 is 5.97 Å². The molecule has 17 heavy (non-hydrogen) atoms. The average molecular weight is 251 g/mol. The van der Waals surface area contributed by atoms with Gasteiger partial charge in [-0.2, -0.15) is 0 Å². The van der Waals surface area contributed by atoms with Crippen LogP contribution in [0.15, 0.2) is 40.8 Å². The molecule has 1 aromatic carbocycles. The number of para-hydroxylation sites is 1. The molecule has 0 aliphatic carbocycles. The fraction of sp³-hybridized carbons (Fsp3) is 0.308. The van der Waals surface area contributed by atoms with Crippen LogP contribution in [0.5, 0.6) is 0 Å². The normalized spacial score (nSPS) is 11.3. The molecule has 0 spiro atoms. The predicted octanol–water partition coefficient (Wildman–Crippen LogP) is 3.24. The maximum Gasteiger partial charge on any atom is 0.331 e. The van der Waals surface area contributed by atoms with Gasteiger partial charge in [0.2, 0.25) is 0 Å². The Bertz CT molecular complexity index is 416. The summed E-state index contributed by atoms with van der Waals surface area (Å²) in [5.74, 6) is -0.840.